The lowest BCUT2D eigenvalue weighted by Gasteiger charge is -2.06. The summed E-state index contributed by atoms with van der Waals surface area (Å²) in [5.41, 5.74) is 0. The van der Waals surface area contributed by atoms with Crippen LogP contribution in [0.5, 0.6) is 0 Å². The Labute approximate surface area is 74.1 Å². The van der Waals surface area contributed by atoms with Crippen molar-refractivity contribution < 1.29 is 29.3 Å². The molecule has 0 rings (SSSR count). The van der Waals surface area contributed by atoms with E-state index in [4.69, 9.17) is 10.2 Å². The molecule has 0 aliphatic rings. The van der Waals surface area contributed by atoms with E-state index in [1.165, 1.54) is 0 Å². The predicted molar refractivity (Wildman–Crippen MR) is 40.0 cm³/mol. The fraction of sp³-hybridized carbons (Fsp3) is 0.571. The van der Waals surface area contributed by atoms with Crippen molar-refractivity contribution in [2.45, 2.75) is 13.3 Å². The molecule has 0 amide bonds. The number of hydrogen-bond acceptors (Lipinski definition) is 4. The highest BCUT2D eigenvalue weighted by atomic mass is 16.5. The third kappa shape index (κ3) is 4.78. The van der Waals surface area contributed by atoms with Gasteiger partial charge in [0.1, 0.15) is 0 Å². The topological polar surface area (TPSA) is 101 Å². The first-order chi connectivity index (χ1) is 5.95. The van der Waals surface area contributed by atoms with Crippen LogP contribution in [0.25, 0.3) is 0 Å². The van der Waals surface area contributed by atoms with E-state index in [-0.39, 0.29) is 13.0 Å². The van der Waals surface area contributed by atoms with Gasteiger partial charge in [-0.1, -0.05) is 0 Å². The quantitative estimate of drug-likeness (QED) is 0.457. The molecule has 0 aromatic heterocycles. The summed E-state index contributed by atoms with van der Waals surface area (Å²) in [4.78, 5) is 30.8. The Kier molecular flexibility index (Phi) is 4.50. The summed E-state index contributed by atoms with van der Waals surface area (Å²) in [5.74, 6) is -4.94. The van der Waals surface area contributed by atoms with E-state index in [0.29, 0.717) is 0 Å². The number of aliphatic carboxylic acids is 2. The van der Waals surface area contributed by atoms with E-state index in [0.717, 1.165) is 6.92 Å². The van der Waals surface area contributed by atoms with Crippen molar-refractivity contribution in [3.05, 3.63) is 0 Å². The minimum atomic E-state index is -1.51. The summed E-state index contributed by atoms with van der Waals surface area (Å²) < 4.78 is 4.41. The highest BCUT2D eigenvalue weighted by Crippen LogP contribution is 2.03. The molecule has 0 bridgehead atoms. The van der Waals surface area contributed by atoms with Gasteiger partial charge in [-0.3, -0.25) is 14.4 Å². The summed E-state index contributed by atoms with van der Waals surface area (Å²) in [7, 11) is 0. The number of carboxylic acid groups (broad SMARTS) is 2. The highest BCUT2D eigenvalue weighted by Gasteiger charge is 2.25. The molecule has 6 heteroatoms. The second-order valence-electron chi connectivity index (χ2n) is 2.36. The van der Waals surface area contributed by atoms with E-state index in [9.17, 15) is 14.4 Å². The molecule has 2 N–H and O–H groups in total. The lowest BCUT2D eigenvalue weighted by atomic mass is 10.1. The van der Waals surface area contributed by atoms with Gasteiger partial charge >= 0.3 is 17.9 Å². The van der Waals surface area contributed by atoms with Crippen LogP contribution < -0.4 is 0 Å². The number of carbonyl (C=O) groups is 3. The standard InChI is InChI=1S/C7H10O6/c1-4(8)13-3-2-5(6(9)10)7(11)12/h5H,2-3H2,1H3,(H,9,10)(H,11,12). The molecule has 0 saturated heterocycles. The predicted octanol–water partition coefficient (Wildman–Crippen LogP) is -0.275. The molecule has 0 unspecified atom stereocenters. The molecule has 0 spiro atoms. The third-order valence-electron chi connectivity index (χ3n) is 1.31. The maximum atomic E-state index is 10.3. The molecular formula is C7H10O6. The molecule has 0 aliphatic heterocycles. The Hall–Kier alpha value is -1.59. The number of ether oxygens (including phenoxy) is 1. The average molecular weight is 190 g/mol. The van der Waals surface area contributed by atoms with E-state index in [1.807, 2.05) is 0 Å². The fourth-order valence-electron chi connectivity index (χ4n) is 0.673. The van der Waals surface area contributed by atoms with Crippen molar-refractivity contribution in [2.75, 3.05) is 6.61 Å². The van der Waals surface area contributed by atoms with Gasteiger partial charge < -0.3 is 14.9 Å². The van der Waals surface area contributed by atoms with E-state index >= 15 is 0 Å². The van der Waals surface area contributed by atoms with E-state index < -0.39 is 23.8 Å². The smallest absolute Gasteiger partial charge is 0.318 e. The van der Waals surface area contributed by atoms with Gasteiger partial charge in [-0.15, -0.1) is 0 Å². The van der Waals surface area contributed by atoms with Crippen molar-refractivity contribution in [3.8, 4) is 0 Å². The van der Waals surface area contributed by atoms with Crippen LogP contribution >= 0.6 is 0 Å². The highest BCUT2D eigenvalue weighted by molar-refractivity contribution is 5.92. The normalized spacial score (nSPS) is 9.69. The number of hydrogen-bond donors (Lipinski definition) is 2. The van der Waals surface area contributed by atoms with Gasteiger partial charge in [-0.2, -0.15) is 0 Å². The molecular weight excluding hydrogens is 180 g/mol. The minimum Gasteiger partial charge on any atom is -0.481 e. The Bertz CT molecular complexity index is 207. The zero-order valence-corrected chi connectivity index (χ0v) is 7.02. The SMILES string of the molecule is CC(=O)OCCC(C(=O)O)C(=O)O. The van der Waals surface area contributed by atoms with Crippen LogP contribution in [0.4, 0.5) is 0 Å². The van der Waals surface area contributed by atoms with Crippen LogP contribution in [0.15, 0.2) is 0 Å². The lowest BCUT2D eigenvalue weighted by molar-refractivity contribution is -0.157. The summed E-state index contributed by atoms with van der Waals surface area (Å²) in [6.07, 6.45) is -0.218. The average Bonchev–Trinajstić information content (AvgIpc) is 1.95. The van der Waals surface area contributed by atoms with E-state index in [2.05, 4.69) is 4.74 Å². The van der Waals surface area contributed by atoms with Gasteiger partial charge in [0.2, 0.25) is 0 Å². The molecule has 0 saturated carbocycles. The van der Waals surface area contributed by atoms with Crippen LogP contribution in [0, 0.1) is 5.92 Å². The number of esters is 1. The van der Waals surface area contributed by atoms with Gasteiger partial charge in [0.05, 0.1) is 6.61 Å². The van der Waals surface area contributed by atoms with Crippen molar-refractivity contribution >= 4 is 17.9 Å². The second-order valence-corrected chi connectivity index (χ2v) is 2.36. The Morgan fingerprint density at radius 3 is 2.00 bits per heavy atom. The molecule has 0 fully saturated rings. The van der Waals surface area contributed by atoms with Crippen LogP contribution in [-0.2, 0) is 19.1 Å². The largest absolute Gasteiger partial charge is 0.481 e. The number of carbonyl (C=O) groups excluding carboxylic acids is 1. The lowest BCUT2D eigenvalue weighted by Crippen LogP contribution is -2.25. The summed E-state index contributed by atoms with van der Waals surface area (Å²) >= 11 is 0. The molecule has 6 nitrogen and oxygen atoms in total. The van der Waals surface area contributed by atoms with Crippen molar-refractivity contribution in [1.82, 2.24) is 0 Å². The van der Waals surface area contributed by atoms with Crippen LogP contribution in [0.1, 0.15) is 13.3 Å². The van der Waals surface area contributed by atoms with Gasteiger partial charge in [0.25, 0.3) is 0 Å². The zero-order valence-electron chi connectivity index (χ0n) is 7.02. The minimum absolute atomic E-state index is 0.196. The summed E-state index contributed by atoms with van der Waals surface area (Å²) in [5, 5.41) is 16.8. The second kappa shape index (κ2) is 5.13. The van der Waals surface area contributed by atoms with Crippen LogP contribution in [0.3, 0.4) is 0 Å². The first kappa shape index (κ1) is 11.4. The first-order valence-corrected chi connectivity index (χ1v) is 3.54. The van der Waals surface area contributed by atoms with Crippen molar-refractivity contribution in [3.63, 3.8) is 0 Å². The van der Waals surface area contributed by atoms with Gasteiger partial charge in [-0.05, 0) is 0 Å². The molecule has 0 radical (unpaired) electrons. The van der Waals surface area contributed by atoms with Crippen LogP contribution in [0.2, 0.25) is 0 Å². The summed E-state index contributed by atoms with van der Waals surface area (Å²) in [6, 6.07) is 0. The van der Waals surface area contributed by atoms with Crippen molar-refractivity contribution in [1.29, 1.82) is 0 Å². The molecule has 0 heterocycles. The van der Waals surface area contributed by atoms with E-state index in [1.54, 1.807) is 0 Å². The molecule has 0 aromatic carbocycles. The summed E-state index contributed by atoms with van der Waals surface area (Å²) in [6.45, 7) is 0.967. The fourth-order valence-corrected chi connectivity index (χ4v) is 0.673. The number of carboxylic acids is 2. The Balaban J connectivity index is 3.91. The van der Waals surface area contributed by atoms with Crippen molar-refractivity contribution in [2.24, 2.45) is 5.92 Å². The monoisotopic (exact) mass is 190 g/mol. The Morgan fingerprint density at radius 2 is 1.69 bits per heavy atom. The molecule has 0 atom stereocenters. The van der Waals surface area contributed by atoms with Gasteiger partial charge in [0.15, 0.2) is 5.92 Å². The Morgan fingerprint density at radius 1 is 1.23 bits per heavy atom. The van der Waals surface area contributed by atoms with Gasteiger partial charge in [-0.25, -0.2) is 0 Å². The maximum absolute atomic E-state index is 10.3. The zero-order chi connectivity index (χ0) is 10.4. The van der Waals surface area contributed by atoms with Crippen LogP contribution in [-0.4, -0.2) is 34.7 Å². The first-order valence-electron chi connectivity index (χ1n) is 3.54. The number of rotatable bonds is 5. The molecule has 13 heavy (non-hydrogen) atoms. The molecule has 74 valence electrons. The third-order valence-corrected chi connectivity index (χ3v) is 1.31. The maximum Gasteiger partial charge on any atom is 0.318 e. The molecule has 0 aliphatic carbocycles. The van der Waals surface area contributed by atoms with Gasteiger partial charge in [0, 0.05) is 13.3 Å². The molecule has 0 aromatic rings.